The average molecular weight is 254 g/mol. The Hall–Kier alpha value is -0.870. The number of nitrogens with zero attached hydrogens (tertiary/aromatic N) is 1. The number of aryl methyl sites for hydroxylation is 1. The van der Waals surface area contributed by atoms with E-state index in [4.69, 9.17) is 0 Å². The quantitative estimate of drug-likeness (QED) is 0.863. The Kier molecular flexibility index (Phi) is 2.56. The maximum Gasteiger partial charge on any atom is 0.121 e. The fraction of sp³-hybridized carbons (Fsp3) is 0.300. The molecule has 2 rings (SSSR count). The van der Waals surface area contributed by atoms with Gasteiger partial charge in [-0.05, 0) is 31.7 Å². The summed E-state index contributed by atoms with van der Waals surface area (Å²) in [7, 11) is 1.91. The highest BCUT2D eigenvalue weighted by molar-refractivity contribution is 9.10. The van der Waals surface area contributed by atoms with Crippen LogP contribution in [0.15, 0.2) is 16.6 Å². The van der Waals surface area contributed by atoms with E-state index in [1.54, 1.807) is 0 Å². The van der Waals surface area contributed by atoms with Crippen LogP contribution in [-0.4, -0.2) is 17.0 Å². The normalized spacial score (nSPS) is 11.1. The topological polar surface area (TPSA) is 40.7 Å². The molecule has 2 aromatic rings. The van der Waals surface area contributed by atoms with Gasteiger partial charge in [0, 0.05) is 4.47 Å². The Morgan fingerprint density at radius 2 is 2.29 bits per heavy atom. The van der Waals surface area contributed by atoms with Crippen LogP contribution >= 0.6 is 15.9 Å². The first kappa shape index (κ1) is 9.68. The van der Waals surface area contributed by atoms with Crippen LogP contribution in [0.5, 0.6) is 0 Å². The summed E-state index contributed by atoms with van der Waals surface area (Å²) in [5, 5.41) is 3.07. The number of H-pyrrole nitrogens is 1. The lowest BCUT2D eigenvalue weighted by Gasteiger charge is -1.94. The molecule has 0 fully saturated rings. The zero-order valence-electron chi connectivity index (χ0n) is 8.19. The SMILES string of the molecule is CNCc1nc2c(C)cc(Br)cc2[nH]1. The van der Waals surface area contributed by atoms with Crippen LogP contribution < -0.4 is 5.32 Å². The van der Waals surface area contributed by atoms with Gasteiger partial charge in [-0.15, -0.1) is 0 Å². The fourth-order valence-electron chi connectivity index (χ4n) is 1.55. The van der Waals surface area contributed by atoms with Gasteiger partial charge in [-0.25, -0.2) is 4.98 Å². The van der Waals surface area contributed by atoms with Crippen LogP contribution in [0.2, 0.25) is 0 Å². The van der Waals surface area contributed by atoms with E-state index < -0.39 is 0 Å². The molecule has 0 radical (unpaired) electrons. The van der Waals surface area contributed by atoms with Gasteiger partial charge >= 0.3 is 0 Å². The van der Waals surface area contributed by atoms with E-state index in [9.17, 15) is 0 Å². The molecular formula is C10H12BrN3. The van der Waals surface area contributed by atoms with Crippen molar-refractivity contribution in [2.75, 3.05) is 7.05 Å². The van der Waals surface area contributed by atoms with Gasteiger partial charge in [-0.2, -0.15) is 0 Å². The molecule has 0 bridgehead atoms. The lowest BCUT2D eigenvalue weighted by Crippen LogP contribution is -2.06. The summed E-state index contributed by atoms with van der Waals surface area (Å²) in [6.07, 6.45) is 0. The fourth-order valence-corrected chi connectivity index (χ4v) is 2.12. The van der Waals surface area contributed by atoms with Crippen LogP contribution in [0, 0.1) is 6.92 Å². The number of rotatable bonds is 2. The minimum Gasteiger partial charge on any atom is -0.341 e. The molecule has 4 heteroatoms. The summed E-state index contributed by atoms with van der Waals surface area (Å²) in [5.74, 6) is 0.976. The Balaban J connectivity index is 2.58. The largest absolute Gasteiger partial charge is 0.341 e. The van der Waals surface area contributed by atoms with Gasteiger partial charge in [-0.3, -0.25) is 0 Å². The van der Waals surface area contributed by atoms with Gasteiger partial charge in [0.1, 0.15) is 5.82 Å². The molecule has 3 nitrogen and oxygen atoms in total. The molecule has 14 heavy (non-hydrogen) atoms. The smallest absolute Gasteiger partial charge is 0.121 e. The third-order valence-electron chi connectivity index (χ3n) is 2.14. The van der Waals surface area contributed by atoms with Crippen molar-refractivity contribution in [2.45, 2.75) is 13.5 Å². The predicted molar refractivity (Wildman–Crippen MR) is 61.3 cm³/mol. The number of fused-ring (bicyclic) bond motifs is 1. The highest BCUT2D eigenvalue weighted by atomic mass is 79.9. The van der Waals surface area contributed by atoms with Gasteiger partial charge in [0.05, 0.1) is 17.6 Å². The Morgan fingerprint density at radius 3 is 3.00 bits per heavy atom. The molecule has 0 saturated heterocycles. The summed E-state index contributed by atoms with van der Waals surface area (Å²) >= 11 is 3.47. The summed E-state index contributed by atoms with van der Waals surface area (Å²) in [6.45, 7) is 2.84. The van der Waals surface area contributed by atoms with Crippen molar-refractivity contribution >= 4 is 27.0 Å². The second kappa shape index (κ2) is 3.71. The van der Waals surface area contributed by atoms with Crippen LogP contribution in [0.4, 0.5) is 0 Å². The summed E-state index contributed by atoms with van der Waals surface area (Å²) in [5.41, 5.74) is 3.33. The van der Waals surface area contributed by atoms with E-state index in [1.165, 1.54) is 5.56 Å². The van der Waals surface area contributed by atoms with E-state index in [0.29, 0.717) is 0 Å². The predicted octanol–water partition coefficient (Wildman–Crippen LogP) is 2.35. The molecule has 0 aliphatic rings. The van der Waals surface area contributed by atoms with E-state index in [1.807, 2.05) is 7.05 Å². The van der Waals surface area contributed by atoms with Gasteiger partial charge in [-0.1, -0.05) is 15.9 Å². The molecule has 0 amide bonds. The number of halogens is 1. The number of aromatic amines is 1. The van der Waals surface area contributed by atoms with Crippen molar-refractivity contribution in [3.05, 3.63) is 28.0 Å². The molecule has 74 valence electrons. The zero-order chi connectivity index (χ0) is 10.1. The molecule has 0 unspecified atom stereocenters. The van der Waals surface area contributed by atoms with Gasteiger partial charge < -0.3 is 10.3 Å². The minimum absolute atomic E-state index is 0.770. The van der Waals surface area contributed by atoms with Crippen molar-refractivity contribution in [1.29, 1.82) is 0 Å². The standard InChI is InChI=1S/C10H12BrN3/c1-6-3-7(11)4-8-10(6)14-9(13-8)5-12-2/h3-4,12H,5H2,1-2H3,(H,13,14). The molecule has 1 aromatic carbocycles. The van der Waals surface area contributed by atoms with E-state index in [2.05, 4.69) is 50.3 Å². The maximum atomic E-state index is 4.50. The van der Waals surface area contributed by atoms with Crippen molar-refractivity contribution in [2.24, 2.45) is 0 Å². The highest BCUT2D eigenvalue weighted by Gasteiger charge is 2.05. The monoisotopic (exact) mass is 253 g/mol. The van der Waals surface area contributed by atoms with Crippen LogP contribution in [0.25, 0.3) is 11.0 Å². The average Bonchev–Trinajstić information content (AvgIpc) is 2.48. The van der Waals surface area contributed by atoms with Gasteiger partial charge in [0.25, 0.3) is 0 Å². The zero-order valence-corrected chi connectivity index (χ0v) is 9.77. The Labute approximate surface area is 91.1 Å². The van der Waals surface area contributed by atoms with Crippen LogP contribution in [0.1, 0.15) is 11.4 Å². The number of hydrogen-bond acceptors (Lipinski definition) is 2. The summed E-state index contributed by atoms with van der Waals surface area (Å²) in [6, 6.07) is 4.13. The molecule has 0 saturated carbocycles. The molecule has 1 aromatic heterocycles. The summed E-state index contributed by atoms with van der Waals surface area (Å²) in [4.78, 5) is 7.78. The number of benzene rings is 1. The number of aromatic nitrogens is 2. The van der Waals surface area contributed by atoms with E-state index >= 15 is 0 Å². The van der Waals surface area contributed by atoms with Gasteiger partial charge in [0.2, 0.25) is 0 Å². The molecule has 0 aliphatic carbocycles. The van der Waals surface area contributed by atoms with Crippen molar-refractivity contribution in [1.82, 2.24) is 15.3 Å². The number of imidazole rings is 1. The van der Waals surface area contributed by atoms with Crippen LogP contribution in [0.3, 0.4) is 0 Å². The number of hydrogen-bond donors (Lipinski definition) is 2. The first-order valence-corrected chi connectivity index (χ1v) is 5.29. The lowest BCUT2D eigenvalue weighted by atomic mass is 10.2. The highest BCUT2D eigenvalue weighted by Crippen LogP contribution is 2.21. The Bertz CT molecular complexity index is 462. The third-order valence-corrected chi connectivity index (χ3v) is 2.59. The molecule has 0 spiro atoms. The van der Waals surface area contributed by atoms with Crippen molar-refractivity contribution < 1.29 is 0 Å². The second-order valence-corrected chi connectivity index (χ2v) is 4.25. The maximum absolute atomic E-state index is 4.50. The molecule has 1 heterocycles. The molecule has 0 aliphatic heterocycles. The minimum atomic E-state index is 0.770. The lowest BCUT2D eigenvalue weighted by molar-refractivity contribution is 0.775. The second-order valence-electron chi connectivity index (χ2n) is 3.33. The van der Waals surface area contributed by atoms with E-state index in [0.717, 1.165) is 27.9 Å². The van der Waals surface area contributed by atoms with Gasteiger partial charge in [0.15, 0.2) is 0 Å². The first-order chi connectivity index (χ1) is 6.70. The molecule has 2 N–H and O–H groups in total. The van der Waals surface area contributed by atoms with Crippen LogP contribution in [-0.2, 0) is 6.54 Å². The molecule has 0 atom stereocenters. The number of nitrogens with one attached hydrogen (secondary N) is 2. The first-order valence-electron chi connectivity index (χ1n) is 4.50. The Morgan fingerprint density at radius 1 is 1.50 bits per heavy atom. The van der Waals surface area contributed by atoms with E-state index in [-0.39, 0.29) is 0 Å². The molecular weight excluding hydrogens is 242 g/mol. The summed E-state index contributed by atoms with van der Waals surface area (Å²) < 4.78 is 1.09. The van der Waals surface area contributed by atoms with Crippen molar-refractivity contribution in [3.8, 4) is 0 Å². The third kappa shape index (κ3) is 1.67. The van der Waals surface area contributed by atoms with Crippen molar-refractivity contribution in [3.63, 3.8) is 0 Å².